The largest absolute Gasteiger partial charge is 0.426 e. The number of carbonyl (C=O) groups is 1. The highest BCUT2D eigenvalue weighted by Crippen LogP contribution is 2.45. The van der Waals surface area contributed by atoms with Crippen molar-refractivity contribution in [2.75, 3.05) is 0 Å². The molecule has 18 heavy (non-hydrogen) atoms. The van der Waals surface area contributed by atoms with Crippen molar-refractivity contribution in [3.05, 3.63) is 29.8 Å². The summed E-state index contributed by atoms with van der Waals surface area (Å²) in [5.74, 6) is 0.398. The average molecular weight is 264 g/mol. The number of benzene rings is 1. The maximum atomic E-state index is 11.2. The van der Waals surface area contributed by atoms with Crippen molar-refractivity contribution in [3.8, 4) is 5.75 Å². The smallest absolute Gasteiger partial charge is 0.308 e. The Labute approximate surface area is 114 Å². The molecule has 2 rings (SSSR count). The molecule has 0 N–H and O–H groups in total. The molecule has 0 amide bonds. The zero-order chi connectivity index (χ0) is 13.0. The summed E-state index contributed by atoms with van der Waals surface area (Å²) in [5.41, 5.74) is 1.06. The van der Waals surface area contributed by atoms with E-state index in [1.807, 2.05) is 24.3 Å². The molecule has 98 valence electrons. The van der Waals surface area contributed by atoms with Crippen LogP contribution in [0.3, 0.4) is 0 Å². The van der Waals surface area contributed by atoms with E-state index in [1.54, 1.807) is 0 Å². The lowest BCUT2D eigenvalue weighted by molar-refractivity contribution is -0.131. The Kier molecular flexibility index (Phi) is 4.33. The number of hydrogen-bond acceptors (Lipinski definition) is 3. The van der Waals surface area contributed by atoms with Crippen molar-refractivity contribution >= 4 is 18.6 Å². The summed E-state index contributed by atoms with van der Waals surface area (Å²) >= 11 is 4.91. The molecule has 1 fully saturated rings. The Morgan fingerprint density at radius 1 is 1.17 bits per heavy atom. The van der Waals surface area contributed by atoms with Gasteiger partial charge in [0.25, 0.3) is 0 Å². The maximum Gasteiger partial charge on any atom is 0.308 e. The molecule has 3 heteroatoms. The quantitative estimate of drug-likeness (QED) is 0.377. The second kappa shape index (κ2) is 5.79. The van der Waals surface area contributed by atoms with Crippen molar-refractivity contribution in [3.63, 3.8) is 0 Å². The van der Waals surface area contributed by atoms with Gasteiger partial charge in [0.05, 0.1) is 0 Å². The number of esters is 1. The molecule has 0 atom stereocenters. The summed E-state index contributed by atoms with van der Waals surface area (Å²) in [4.78, 5) is 11.2. The first-order valence-corrected chi connectivity index (χ1v) is 7.07. The standard InChI is InChI=1S/C15H20O2S/c1-12(16)17-14-9-5-4-8-13(14)15(18)10-6-2-3-7-11-15/h4-5,8-9,18H,2-3,6-7,10-11H2,1H3. The van der Waals surface area contributed by atoms with Gasteiger partial charge in [0.1, 0.15) is 5.75 Å². The first kappa shape index (κ1) is 13.5. The number of rotatable bonds is 2. The van der Waals surface area contributed by atoms with Gasteiger partial charge >= 0.3 is 5.97 Å². The predicted molar refractivity (Wildman–Crippen MR) is 76.1 cm³/mol. The number of para-hydroxylation sites is 1. The molecule has 1 saturated carbocycles. The van der Waals surface area contributed by atoms with Crippen LogP contribution in [-0.4, -0.2) is 5.97 Å². The van der Waals surface area contributed by atoms with Crippen LogP contribution in [-0.2, 0) is 9.54 Å². The SMILES string of the molecule is CC(=O)Oc1ccccc1C1(S)CCCCCC1. The van der Waals surface area contributed by atoms with Crippen molar-refractivity contribution in [1.29, 1.82) is 0 Å². The topological polar surface area (TPSA) is 26.3 Å². The molecule has 0 aliphatic heterocycles. The zero-order valence-corrected chi connectivity index (χ0v) is 11.7. The molecular weight excluding hydrogens is 244 g/mol. The maximum absolute atomic E-state index is 11.2. The van der Waals surface area contributed by atoms with Gasteiger partial charge in [0, 0.05) is 17.2 Å². The Hall–Kier alpha value is -0.960. The van der Waals surface area contributed by atoms with Crippen LogP contribution in [0, 0.1) is 0 Å². The van der Waals surface area contributed by atoms with Crippen molar-refractivity contribution in [2.24, 2.45) is 0 Å². The fraction of sp³-hybridized carbons (Fsp3) is 0.533. The van der Waals surface area contributed by atoms with Crippen LogP contribution in [0.4, 0.5) is 0 Å². The van der Waals surface area contributed by atoms with E-state index < -0.39 is 0 Å². The molecule has 0 aromatic heterocycles. The van der Waals surface area contributed by atoms with E-state index in [9.17, 15) is 4.79 Å². The van der Waals surface area contributed by atoms with Crippen LogP contribution in [0.2, 0.25) is 0 Å². The van der Waals surface area contributed by atoms with Gasteiger partial charge in [-0.1, -0.05) is 43.9 Å². The summed E-state index contributed by atoms with van der Waals surface area (Å²) in [6, 6.07) is 7.79. The van der Waals surface area contributed by atoms with Crippen LogP contribution in [0.15, 0.2) is 24.3 Å². The first-order chi connectivity index (χ1) is 8.62. The van der Waals surface area contributed by atoms with Crippen LogP contribution in [0.1, 0.15) is 51.0 Å². The van der Waals surface area contributed by atoms with Gasteiger partial charge in [-0.05, 0) is 18.9 Å². The molecule has 1 aromatic rings. The Morgan fingerprint density at radius 2 is 1.78 bits per heavy atom. The van der Waals surface area contributed by atoms with Crippen molar-refractivity contribution < 1.29 is 9.53 Å². The Bertz CT molecular complexity index is 420. The van der Waals surface area contributed by atoms with E-state index >= 15 is 0 Å². The van der Waals surface area contributed by atoms with Gasteiger partial charge in [-0.15, -0.1) is 0 Å². The van der Waals surface area contributed by atoms with Gasteiger partial charge in [-0.3, -0.25) is 4.79 Å². The molecule has 0 unspecified atom stereocenters. The van der Waals surface area contributed by atoms with Crippen LogP contribution < -0.4 is 4.74 Å². The van der Waals surface area contributed by atoms with Gasteiger partial charge in [0.15, 0.2) is 0 Å². The van der Waals surface area contributed by atoms with E-state index in [0.29, 0.717) is 5.75 Å². The monoisotopic (exact) mass is 264 g/mol. The summed E-state index contributed by atoms with van der Waals surface area (Å²) in [7, 11) is 0. The zero-order valence-electron chi connectivity index (χ0n) is 10.8. The van der Waals surface area contributed by atoms with Gasteiger partial charge in [0.2, 0.25) is 0 Å². The van der Waals surface area contributed by atoms with E-state index in [2.05, 4.69) is 0 Å². The summed E-state index contributed by atoms with van der Waals surface area (Å²) in [6.07, 6.45) is 7.04. The third-order valence-corrected chi connectivity index (χ3v) is 4.26. The minimum Gasteiger partial charge on any atom is -0.426 e. The highest BCUT2D eigenvalue weighted by Gasteiger charge is 2.31. The normalized spacial score (nSPS) is 19.0. The lowest BCUT2D eigenvalue weighted by Gasteiger charge is -2.29. The third-order valence-electron chi connectivity index (χ3n) is 3.57. The molecule has 0 bridgehead atoms. The lowest BCUT2D eigenvalue weighted by Crippen LogP contribution is -2.19. The number of hydrogen-bond donors (Lipinski definition) is 1. The summed E-state index contributed by atoms with van der Waals surface area (Å²) in [5, 5.41) is 0. The van der Waals surface area contributed by atoms with Crippen LogP contribution in [0.5, 0.6) is 5.75 Å². The van der Waals surface area contributed by atoms with E-state index in [4.69, 9.17) is 17.4 Å². The molecule has 1 aliphatic carbocycles. The van der Waals surface area contributed by atoms with Crippen molar-refractivity contribution in [1.82, 2.24) is 0 Å². The van der Waals surface area contributed by atoms with E-state index in [-0.39, 0.29) is 10.7 Å². The second-order valence-corrected chi connectivity index (χ2v) is 5.89. The van der Waals surface area contributed by atoms with E-state index in [0.717, 1.165) is 18.4 Å². The summed E-state index contributed by atoms with van der Waals surface area (Å²) in [6.45, 7) is 1.44. The van der Waals surface area contributed by atoms with Crippen LogP contribution in [0.25, 0.3) is 0 Å². The molecule has 0 heterocycles. The minimum atomic E-state index is -0.270. The van der Waals surface area contributed by atoms with Crippen molar-refractivity contribution in [2.45, 2.75) is 50.2 Å². The first-order valence-electron chi connectivity index (χ1n) is 6.62. The Balaban J connectivity index is 2.32. The molecule has 2 nitrogen and oxygen atoms in total. The average Bonchev–Trinajstić information content (AvgIpc) is 2.55. The lowest BCUT2D eigenvalue weighted by atomic mass is 9.90. The van der Waals surface area contributed by atoms with Gasteiger partial charge < -0.3 is 4.74 Å². The predicted octanol–water partition coefficient (Wildman–Crippen LogP) is 4.09. The number of thiol groups is 1. The molecule has 0 saturated heterocycles. The third kappa shape index (κ3) is 3.08. The fourth-order valence-electron chi connectivity index (χ4n) is 2.68. The summed E-state index contributed by atoms with van der Waals surface area (Å²) < 4.78 is 5.17. The number of ether oxygens (including phenoxy) is 1. The number of carbonyl (C=O) groups excluding carboxylic acids is 1. The second-order valence-electron chi connectivity index (χ2n) is 5.04. The highest BCUT2D eigenvalue weighted by molar-refractivity contribution is 7.81. The minimum absolute atomic E-state index is 0.150. The molecule has 1 aromatic carbocycles. The van der Waals surface area contributed by atoms with Crippen LogP contribution >= 0.6 is 12.6 Å². The highest BCUT2D eigenvalue weighted by atomic mass is 32.1. The van der Waals surface area contributed by atoms with Gasteiger partial charge in [-0.25, -0.2) is 0 Å². The van der Waals surface area contributed by atoms with Gasteiger partial charge in [-0.2, -0.15) is 12.6 Å². The molecule has 1 aliphatic rings. The molecule has 0 spiro atoms. The molecule has 0 radical (unpaired) electrons. The van der Waals surface area contributed by atoms with E-state index in [1.165, 1.54) is 32.6 Å². The Morgan fingerprint density at radius 3 is 2.39 bits per heavy atom. The molecular formula is C15H20O2S. The fourth-order valence-corrected chi connectivity index (χ4v) is 3.18.